The summed E-state index contributed by atoms with van der Waals surface area (Å²) in [6.45, 7) is 0. The highest BCUT2D eigenvalue weighted by Crippen LogP contribution is 1.95. The SMILES string of the molecule is CS(=O)(=O)CCS(=O)(=O)CCC#N. The molecule has 5 nitrogen and oxygen atoms in total. The van der Waals surface area contributed by atoms with Gasteiger partial charge in [0.05, 0.1) is 23.3 Å². The lowest BCUT2D eigenvalue weighted by atomic mass is 10.6. The Kier molecular flexibility index (Phi) is 4.36. The summed E-state index contributed by atoms with van der Waals surface area (Å²) >= 11 is 0. The molecular weight excluding hydrogens is 214 g/mol. The molecule has 0 saturated carbocycles. The van der Waals surface area contributed by atoms with E-state index in [-0.39, 0.29) is 17.9 Å². The molecule has 0 aromatic carbocycles. The maximum atomic E-state index is 11.0. The van der Waals surface area contributed by atoms with E-state index in [1.807, 2.05) is 0 Å². The number of sulfone groups is 2. The van der Waals surface area contributed by atoms with Gasteiger partial charge < -0.3 is 0 Å². The Morgan fingerprint density at radius 3 is 2.00 bits per heavy atom. The van der Waals surface area contributed by atoms with E-state index in [4.69, 9.17) is 5.26 Å². The van der Waals surface area contributed by atoms with Gasteiger partial charge in [-0.3, -0.25) is 0 Å². The molecule has 0 N–H and O–H groups in total. The lowest BCUT2D eigenvalue weighted by Crippen LogP contribution is -2.18. The lowest BCUT2D eigenvalue weighted by Gasteiger charge is -1.99. The van der Waals surface area contributed by atoms with Gasteiger partial charge in [-0.15, -0.1) is 0 Å². The van der Waals surface area contributed by atoms with Gasteiger partial charge in [0.25, 0.3) is 0 Å². The second kappa shape index (κ2) is 4.58. The van der Waals surface area contributed by atoms with Crippen LogP contribution in [-0.2, 0) is 19.7 Å². The summed E-state index contributed by atoms with van der Waals surface area (Å²) in [5, 5.41) is 8.12. The van der Waals surface area contributed by atoms with Crippen LogP contribution in [0.4, 0.5) is 0 Å². The topological polar surface area (TPSA) is 92.1 Å². The van der Waals surface area contributed by atoms with Crippen molar-refractivity contribution in [3.05, 3.63) is 0 Å². The van der Waals surface area contributed by atoms with Crippen LogP contribution in [0.2, 0.25) is 0 Å². The van der Waals surface area contributed by atoms with Gasteiger partial charge in [0, 0.05) is 12.7 Å². The second-order valence-corrected chi connectivity index (χ2v) is 7.25. The van der Waals surface area contributed by atoms with Gasteiger partial charge in [0.1, 0.15) is 9.84 Å². The van der Waals surface area contributed by atoms with Gasteiger partial charge in [-0.05, 0) is 0 Å². The fourth-order valence-corrected chi connectivity index (χ4v) is 3.41. The highest BCUT2D eigenvalue weighted by atomic mass is 32.2. The summed E-state index contributed by atoms with van der Waals surface area (Å²) in [4.78, 5) is 0. The van der Waals surface area contributed by atoms with Crippen molar-refractivity contribution in [3.8, 4) is 6.07 Å². The average Bonchev–Trinajstić information content (AvgIpc) is 1.97. The Morgan fingerprint density at radius 2 is 1.62 bits per heavy atom. The van der Waals surface area contributed by atoms with E-state index in [1.54, 1.807) is 6.07 Å². The number of hydrogen-bond donors (Lipinski definition) is 0. The summed E-state index contributed by atoms with van der Waals surface area (Å²) in [6, 6.07) is 1.69. The van der Waals surface area contributed by atoms with Gasteiger partial charge in [-0.2, -0.15) is 5.26 Å². The summed E-state index contributed by atoms with van der Waals surface area (Å²) in [6.07, 6.45) is 0.888. The van der Waals surface area contributed by atoms with Crippen molar-refractivity contribution in [2.75, 3.05) is 23.5 Å². The quantitative estimate of drug-likeness (QED) is 0.620. The standard InChI is InChI=1S/C6H11NO4S2/c1-12(8,9)5-6-13(10,11)4-2-3-7/h2,4-6H2,1H3. The normalized spacial score (nSPS) is 12.3. The summed E-state index contributed by atoms with van der Waals surface area (Å²) in [5.41, 5.74) is 0. The molecule has 7 heteroatoms. The third-order valence-electron chi connectivity index (χ3n) is 1.29. The minimum Gasteiger partial charge on any atom is -0.229 e. The van der Waals surface area contributed by atoms with E-state index in [9.17, 15) is 16.8 Å². The van der Waals surface area contributed by atoms with Gasteiger partial charge in [0.15, 0.2) is 9.84 Å². The van der Waals surface area contributed by atoms with E-state index < -0.39 is 25.4 Å². The molecule has 0 fully saturated rings. The summed E-state index contributed by atoms with van der Waals surface area (Å²) < 4.78 is 43.3. The van der Waals surface area contributed by atoms with Gasteiger partial charge in [0.2, 0.25) is 0 Å². The molecule has 0 spiro atoms. The lowest BCUT2D eigenvalue weighted by molar-refractivity contribution is 0.590. The van der Waals surface area contributed by atoms with Crippen LogP contribution in [0.1, 0.15) is 6.42 Å². The van der Waals surface area contributed by atoms with Gasteiger partial charge in [-0.25, -0.2) is 16.8 Å². The van der Waals surface area contributed by atoms with Crippen LogP contribution in [0, 0.1) is 11.3 Å². The number of nitrogens with zero attached hydrogens (tertiary/aromatic N) is 1. The molecule has 0 radical (unpaired) electrons. The molecule has 0 aromatic rings. The molecule has 0 aliphatic rings. The fraction of sp³-hybridized carbons (Fsp3) is 0.833. The van der Waals surface area contributed by atoms with Crippen molar-refractivity contribution in [3.63, 3.8) is 0 Å². The van der Waals surface area contributed by atoms with Gasteiger partial charge in [-0.1, -0.05) is 0 Å². The maximum Gasteiger partial charge on any atom is 0.152 e. The van der Waals surface area contributed by atoms with Crippen molar-refractivity contribution in [2.45, 2.75) is 6.42 Å². The van der Waals surface area contributed by atoms with E-state index in [0.717, 1.165) is 6.26 Å². The number of nitriles is 1. The first-order chi connectivity index (χ1) is 5.77. The highest BCUT2D eigenvalue weighted by Gasteiger charge is 2.13. The monoisotopic (exact) mass is 225 g/mol. The second-order valence-electron chi connectivity index (χ2n) is 2.69. The molecule has 0 aliphatic heterocycles. The fourth-order valence-electron chi connectivity index (χ4n) is 0.582. The predicted molar refractivity (Wildman–Crippen MR) is 48.6 cm³/mol. The summed E-state index contributed by atoms with van der Waals surface area (Å²) in [5.74, 6) is -1.03. The van der Waals surface area contributed by atoms with E-state index in [1.165, 1.54) is 0 Å². The van der Waals surface area contributed by atoms with Crippen LogP contribution < -0.4 is 0 Å². The van der Waals surface area contributed by atoms with Crippen LogP contribution >= 0.6 is 0 Å². The molecule has 0 aliphatic carbocycles. The minimum absolute atomic E-state index is 0.0912. The first kappa shape index (κ1) is 12.4. The molecule has 0 atom stereocenters. The van der Waals surface area contributed by atoms with Gasteiger partial charge >= 0.3 is 0 Å². The van der Waals surface area contributed by atoms with Crippen molar-refractivity contribution in [1.82, 2.24) is 0 Å². The molecular formula is C6H11NO4S2. The first-order valence-corrected chi connectivity index (χ1v) is 7.40. The molecule has 0 rings (SSSR count). The van der Waals surface area contributed by atoms with E-state index in [2.05, 4.69) is 0 Å². The maximum absolute atomic E-state index is 11.0. The zero-order valence-corrected chi connectivity index (χ0v) is 8.86. The zero-order valence-electron chi connectivity index (χ0n) is 7.23. The minimum atomic E-state index is -3.38. The van der Waals surface area contributed by atoms with Crippen LogP contribution in [-0.4, -0.2) is 40.3 Å². The molecule has 0 heterocycles. The Labute approximate surface area is 78.2 Å². The van der Waals surface area contributed by atoms with Crippen molar-refractivity contribution < 1.29 is 16.8 Å². The number of hydrogen-bond acceptors (Lipinski definition) is 5. The third kappa shape index (κ3) is 7.74. The van der Waals surface area contributed by atoms with Crippen LogP contribution in [0.15, 0.2) is 0 Å². The van der Waals surface area contributed by atoms with Crippen LogP contribution in [0.3, 0.4) is 0 Å². The Morgan fingerprint density at radius 1 is 1.08 bits per heavy atom. The smallest absolute Gasteiger partial charge is 0.152 e. The first-order valence-electron chi connectivity index (χ1n) is 3.52. The van der Waals surface area contributed by atoms with Crippen LogP contribution in [0.25, 0.3) is 0 Å². The van der Waals surface area contributed by atoms with Crippen LogP contribution in [0.5, 0.6) is 0 Å². The molecule has 0 aromatic heterocycles. The number of rotatable bonds is 5. The average molecular weight is 225 g/mol. The summed E-state index contributed by atoms with van der Waals surface area (Å²) in [7, 11) is -6.62. The van der Waals surface area contributed by atoms with Crippen molar-refractivity contribution >= 4 is 19.7 Å². The Balaban J connectivity index is 4.15. The third-order valence-corrected chi connectivity index (χ3v) is 4.15. The van der Waals surface area contributed by atoms with E-state index >= 15 is 0 Å². The van der Waals surface area contributed by atoms with Crippen molar-refractivity contribution in [1.29, 1.82) is 5.26 Å². The molecule has 0 amide bonds. The Bertz CT molecular complexity index is 387. The molecule has 0 bridgehead atoms. The molecule has 76 valence electrons. The highest BCUT2D eigenvalue weighted by molar-refractivity contribution is 7.94. The molecule has 13 heavy (non-hydrogen) atoms. The largest absolute Gasteiger partial charge is 0.229 e. The van der Waals surface area contributed by atoms with Crippen molar-refractivity contribution in [2.24, 2.45) is 0 Å². The zero-order chi connectivity index (χ0) is 10.5. The molecule has 0 unspecified atom stereocenters. The van der Waals surface area contributed by atoms with E-state index in [0.29, 0.717) is 0 Å². The predicted octanol–water partition coefficient (Wildman–Crippen LogP) is -0.641. The Hall–Kier alpha value is -0.610. The molecule has 0 saturated heterocycles.